The van der Waals surface area contributed by atoms with Gasteiger partial charge in [-0.3, -0.25) is 4.79 Å². The van der Waals surface area contributed by atoms with Crippen molar-refractivity contribution in [3.8, 4) is 0 Å². The molecule has 1 aromatic rings. The largest absolute Gasteiger partial charge is 0.319 e. The molecule has 1 rings (SSSR count). The fraction of sp³-hybridized carbons (Fsp3) is 0.429. The molecule has 0 bridgehead atoms. The van der Waals surface area contributed by atoms with Gasteiger partial charge in [-0.1, -0.05) is 0 Å². The Morgan fingerprint density at radius 3 is 2.64 bits per heavy atom. The predicted molar refractivity (Wildman–Crippen MR) is 42.1 cm³/mol. The molecule has 4 nitrogen and oxygen atoms in total. The Bertz CT molecular complexity index is 297. The average molecular weight is 153 g/mol. The molecule has 0 saturated heterocycles. The Morgan fingerprint density at radius 1 is 1.64 bits per heavy atom. The van der Waals surface area contributed by atoms with Crippen LogP contribution in [0.25, 0.3) is 0 Å². The SMILES string of the molecule is CC(C)(N)c1nccc(=O)[nH]1. The summed E-state index contributed by atoms with van der Waals surface area (Å²) in [5.41, 5.74) is 4.94. The molecule has 0 atom stereocenters. The zero-order valence-corrected chi connectivity index (χ0v) is 6.59. The van der Waals surface area contributed by atoms with Gasteiger partial charge in [-0.2, -0.15) is 0 Å². The molecule has 0 unspecified atom stereocenters. The molecule has 0 amide bonds. The van der Waals surface area contributed by atoms with Crippen molar-refractivity contribution in [3.63, 3.8) is 0 Å². The van der Waals surface area contributed by atoms with E-state index in [1.165, 1.54) is 12.3 Å². The zero-order chi connectivity index (χ0) is 8.48. The average Bonchev–Trinajstić information content (AvgIpc) is 1.86. The summed E-state index contributed by atoms with van der Waals surface area (Å²) in [6.45, 7) is 3.57. The van der Waals surface area contributed by atoms with Gasteiger partial charge in [0.1, 0.15) is 5.82 Å². The third-order valence-electron chi connectivity index (χ3n) is 1.28. The van der Waals surface area contributed by atoms with Gasteiger partial charge in [-0.15, -0.1) is 0 Å². The number of aromatic amines is 1. The third-order valence-corrected chi connectivity index (χ3v) is 1.28. The van der Waals surface area contributed by atoms with Gasteiger partial charge < -0.3 is 10.7 Å². The highest BCUT2D eigenvalue weighted by Crippen LogP contribution is 2.07. The lowest BCUT2D eigenvalue weighted by Gasteiger charge is -2.15. The highest BCUT2D eigenvalue weighted by Gasteiger charge is 2.15. The van der Waals surface area contributed by atoms with Gasteiger partial charge in [-0.25, -0.2) is 4.98 Å². The molecule has 0 saturated carbocycles. The van der Waals surface area contributed by atoms with Crippen molar-refractivity contribution < 1.29 is 0 Å². The number of hydrogen-bond acceptors (Lipinski definition) is 3. The van der Waals surface area contributed by atoms with Gasteiger partial charge in [0, 0.05) is 12.3 Å². The number of H-pyrrole nitrogens is 1. The van der Waals surface area contributed by atoms with E-state index < -0.39 is 5.54 Å². The summed E-state index contributed by atoms with van der Waals surface area (Å²) in [6.07, 6.45) is 1.45. The summed E-state index contributed by atoms with van der Waals surface area (Å²) >= 11 is 0. The first-order chi connectivity index (χ1) is 5.00. The first-order valence-corrected chi connectivity index (χ1v) is 3.35. The lowest BCUT2D eigenvalue weighted by atomic mass is 10.1. The number of hydrogen-bond donors (Lipinski definition) is 2. The van der Waals surface area contributed by atoms with Crippen molar-refractivity contribution in [2.24, 2.45) is 5.73 Å². The maximum atomic E-state index is 10.8. The van der Waals surface area contributed by atoms with E-state index in [-0.39, 0.29) is 5.56 Å². The first kappa shape index (κ1) is 7.94. The number of rotatable bonds is 1. The Labute approximate surface area is 64.5 Å². The van der Waals surface area contributed by atoms with Gasteiger partial charge in [0.25, 0.3) is 5.56 Å². The quantitative estimate of drug-likeness (QED) is 0.594. The van der Waals surface area contributed by atoms with Gasteiger partial charge in [0.15, 0.2) is 0 Å². The molecule has 0 aromatic carbocycles. The topological polar surface area (TPSA) is 71.8 Å². The van der Waals surface area contributed by atoms with E-state index in [1.807, 2.05) is 0 Å². The van der Waals surface area contributed by atoms with Crippen molar-refractivity contribution in [2.45, 2.75) is 19.4 Å². The van der Waals surface area contributed by atoms with Crippen LogP contribution in [-0.4, -0.2) is 9.97 Å². The van der Waals surface area contributed by atoms with E-state index in [4.69, 9.17) is 5.73 Å². The monoisotopic (exact) mass is 153 g/mol. The van der Waals surface area contributed by atoms with E-state index >= 15 is 0 Å². The molecule has 0 fully saturated rings. The number of nitrogens with one attached hydrogen (secondary N) is 1. The zero-order valence-electron chi connectivity index (χ0n) is 6.59. The molecule has 60 valence electrons. The molecular weight excluding hydrogens is 142 g/mol. The van der Waals surface area contributed by atoms with E-state index in [0.29, 0.717) is 5.82 Å². The Balaban J connectivity index is 3.16. The summed E-state index contributed by atoms with van der Waals surface area (Å²) in [5, 5.41) is 0. The van der Waals surface area contributed by atoms with Gasteiger partial charge in [-0.05, 0) is 13.8 Å². The van der Waals surface area contributed by atoms with Gasteiger partial charge in [0.2, 0.25) is 0 Å². The van der Waals surface area contributed by atoms with Crippen LogP contribution in [0.1, 0.15) is 19.7 Å². The van der Waals surface area contributed by atoms with Crippen molar-refractivity contribution in [2.75, 3.05) is 0 Å². The molecule has 0 spiro atoms. The summed E-state index contributed by atoms with van der Waals surface area (Å²) in [5.74, 6) is 0.505. The summed E-state index contributed by atoms with van der Waals surface area (Å²) in [6, 6.07) is 1.36. The maximum absolute atomic E-state index is 10.8. The number of nitrogens with two attached hydrogens (primary N) is 1. The fourth-order valence-corrected chi connectivity index (χ4v) is 0.698. The van der Waals surface area contributed by atoms with E-state index in [0.717, 1.165) is 0 Å². The summed E-state index contributed by atoms with van der Waals surface area (Å²) in [7, 11) is 0. The Kier molecular flexibility index (Phi) is 1.78. The van der Waals surface area contributed by atoms with Crippen LogP contribution in [0.4, 0.5) is 0 Å². The van der Waals surface area contributed by atoms with Crippen LogP contribution in [0.5, 0.6) is 0 Å². The van der Waals surface area contributed by atoms with Crippen molar-refractivity contribution in [3.05, 3.63) is 28.4 Å². The molecule has 0 aliphatic carbocycles. The lowest BCUT2D eigenvalue weighted by Crippen LogP contribution is -2.33. The van der Waals surface area contributed by atoms with Crippen molar-refractivity contribution in [1.82, 2.24) is 9.97 Å². The van der Waals surface area contributed by atoms with Crippen LogP contribution < -0.4 is 11.3 Å². The van der Waals surface area contributed by atoms with Crippen LogP contribution in [0.2, 0.25) is 0 Å². The minimum Gasteiger partial charge on any atom is -0.319 e. The van der Waals surface area contributed by atoms with E-state index in [1.54, 1.807) is 13.8 Å². The molecule has 1 aromatic heterocycles. The second-order valence-electron chi connectivity index (χ2n) is 3.00. The standard InChI is InChI=1S/C7H11N3O/c1-7(2,8)6-9-4-3-5(11)10-6/h3-4H,8H2,1-2H3,(H,9,10,11). The van der Waals surface area contributed by atoms with Crippen LogP contribution in [0.3, 0.4) is 0 Å². The van der Waals surface area contributed by atoms with Crippen LogP contribution in [-0.2, 0) is 5.54 Å². The first-order valence-electron chi connectivity index (χ1n) is 3.35. The van der Waals surface area contributed by atoms with Gasteiger partial charge >= 0.3 is 0 Å². The van der Waals surface area contributed by atoms with Gasteiger partial charge in [0.05, 0.1) is 5.54 Å². The fourth-order valence-electron chi connectivity index (χ4n) is 0.698. The highest BCUT2D eigenvalue weighted by atomic mass is 16.1. The second kappa shape index (κ2) is 2.47. The molecule has 0 aliphatic heterocycles. The van der Waals surface area contributed by atoms with Crippen LogP contribution in [0, 0.1) is 0 Å². The normalized spacial score (nSPS) is 11.5. The molecular formula is C7H11N3O. The van der Waals surface area contributed by atoms with Crippen LogP contribution >= 0.6 is 0 Å². The van der Waals surface area contributed by atoms with Crippen molar-refractivity contribution >= 4 is 0 Å². The van der Waals surface area contributed by atoms with E-state index in [2.05, 4.69) is 9.97 Å². The molecule has 1 heterocycles. The molecule has 0 aliphatic rings. The molecule has 0 radical (unpaired) electrons. The summed E-state index contributed by atoms with van der Waals surface area (Å²) < 4.78 is 0. The Hall–Kier alpha value is -1.16. The van der Waals surface area contributed by atoms with Crippen molar-refractivity contribution in [1.29, 1.82) is 0 Å². The molecule has 3 N–H and O–H groups in total. The molecule has 4 heteroatoms. The predicted octanol–water partition coefficient (Wildman–Crippen LogP) is -0.0363. The minimum atomic E-state index is -0.583. The van der Waals surface area contributed by atoms with Crippen LogP contribution in [0.15, 0.2) is 17.1 Å². The maximum Gasteiger partial charge on any atom is 0.250 e. The lowest BCUT2D eigenvalue weighted by molar-refractivity contribution is 0.511. The second-order valence-corrected chi connectivity index (χ2v) is 3.00. The Morgan fingerprint density at radius 2 is 2.27 bits per heavy atom. The van der Waals surface area contributed by atoms with E-state index in [9.17, 15) is 4.79 Å². The highest BCUT2D eigenvalue weighted by molar-refractivity contribution is 5.00. The summed E-state index contributed by atoms with van der Waals surface area (Å²) in [4.78, 5) is 17.3. The third kappa shape index (κ3) is 1.88. The smallest absolute Gasteiger partial charge is 0.250 e. The molecule has 11 heavy (non-hydrogen) atoms. The number of nitrogens with zero attached hydrogens (tertiary/aromatic N) is 1. The number of aromatic nitrogens is 2. The minimum absolute atomic E-state index is 0.173.